The van der Waals surface area contributed by atoms with E-state index in [9.17, 15) is 9.59 Å². The van der Waals surface area contributed by atoms with Crippen LogP contribution in [0.5, 0.6) is 0 Å². The fraction of sp³-hybridized carbons (Fsp3) is 0.500. The SMILES string of the molecule is CCOC(=O)C[C@H]1C(=O)NCC[NH+]1Cc1ccc(C)cc1. The molecule has 0 bridgehead atoms. The van der Waals surface area contributed by atoms with Crippen molar-refractivity contribution in [3.63, 3.8) is 0 Å². The number of piperazine rings is 1. The van der Waals surface area contributed by atoms with Crippen molar-refractivity contribution in [1.82, 2.24) is 5.32 Å². The minimum atomic E-state index is -0.362. The fourth-order valence-electron chi connectivity index (χ4n) is 2.63. The first-order valence-electron chi connectivity index (χ1n) is 7.43. The van der Waals surface area contributed by atoms with Crippen LogP contribution in [-0.4, -0.2) is 37.6 Å². The number of benzene rings is 1. The molecule has 1 unspecified atom stereocenters. The zero-order valence-corrected chi connectivity index (χ0v) is 12.6. The van der Waals surface area contributed by atoms with Gasteiger partial charge in [-0.1, -0.05) is 29.8 Å². The minimum Gasteiger partial charge on any atom is -0.466 e. The molecule has 1 aromatic rings. The second-order valence-electron chi connectivity index (χ2n) is 5.42. The van der Waals surface area contributed by atoms with Crippen LogP contribution in [0, 0.1) is 6.92 Å². The van der Waals surface area contributed by atoms with Crippen molar-refractivity contribution in [1.29, 1.82) is 0 Å². The van der Waals surface area contributed by atoms with E-state index in [1.54, 1.807) is 6.92 Å². The molecule has 2 N–H and O–H groups in total. The molecule has 2 rings (SSSR count). The predicted molar refractivity (Wildman–Crippen MR) is 78.8 cm³/mol. The Labute approximate surface area is 125 Å². The van der Waals surface area contributed by atoms with E-state index in [0.29, 0.717) is 13.2 Å². The van der Waals surface area contributed by atoms with E-state index in [2.05, 4.69) is 36.5 Å². The molecule has 1 saturated heterocycles. The fourth-order valence-corrected chi connectivity index (χ4v) is 2.63. The molecule has 1 aromatic carbocycles. The van der Waals surface area contributed by atoms with Gasteiger partial charge in [-0.15, -0.1) is 0 Å². The third-order valence-corrected chi connectivity index (χ3v) is 3.78. The van der Waals surface area contributed by atoms with Crippen molar-refractivity contribution >= 4 is 11.9 Å². The van der Waals surface area contributed by atoms with Crippen LogP contribution in [0.25, 0.3) is 0 Å². The zero-order chi connectivity index (χ0) is 15.2. The maximum Gasteiger partial charge on any atom is 0.312 e. The summed E-state index contributed by atoms with van der Waals surface area (Å²) < 4.78 is 4.97. The lowest BCUT2D eigenvalue weighted by molar-refractivity contribution is -0.930. The second-order valence-corrected chi connectivity index (χ2v) is 5.42. The van der Waals surface area contributed by atoms with Crippen LogP contribution >= 0.6 is 0 Å². The molecule has 2 atom stereocenters. The van der Waals surface area contributed by atoms with Gasteiger partial charge >= 0.3 is 5.97 Å². The average Bonchev–Trinajstić information content (AvgIpc) is 2.45. The number of rotatable bonds is 5. The van der Waals surface area contributed by atoms with Gasteiger partial charge in [-0.25, -0.2) is 0 Å². The quantitative estimate of drug-likeness (QED) is 0.741. The second kappa shape index (κ2) is 7.22. The summed E-state index contributed by atoms with van der Waals surface area (Å²) in [5, 5.41) is 2.84. The highest BCUT2D eigenvalue weighted by Gasteiger charge is 2.35. The Morgan fingerprint density at radius 3 is 2.76 bits per heavy atom. The molecule has 5 heteroatoms. The van der Waals surface area contributed by atoms with Crippen LogP contribution in [0.2, 0.25) is 0 Å². The highest BCUT2D eigenvalue weighted by atomic mass is 16.5. The van der Waals surface area contributed by atoms with E-state index in [-0.39, 0.29) is 24.3 Å². The number of nitrogens with one attached hydrogen (secondary N) is 2. The number of hydrogen-bond donors (Lipinski definition) is 2. The number of carbonyl (C=O) groups is 2. The molecule has 1 aliphatic rings. The smallest absolute Gasteiger partial charge is 0.312 e. The third kappa shape index (κ3) is 4.29. The summed E-state index contributed by atoms with van der Waals surface area (Å²) in [5.41, 5.74) is 2.40. The molecule has 114 valence electrons. The summed E-state index contributed by atoms with van der Waals surface area (Å²) in [6.07, 6.45) is 0.140. The van der Waals surface area contributed by atoms with Gasteiger partial charge in [-0.05, 0) is 13.8 Å². The molecule has 21 heavy (non-hydrogen) atoms. The monoisotopic (exact) mass is 291 g/mol. The van der Waals surface area contributed by atoms with E-state index in [1.807, 2.05) is 0 Å². The van der Waals surface area contributed by atoms with Crippen LogP contribution in [0.3, 0.4) is 0 Å². The van der Waals surface area contributed by atoms with Gasteiger partial charge in [0.15, 0.2) is 6.04 Å². The first-order chi connectivity index (χ1) is 10.1. The summed E-state index contributed by atoms with van der Waals surface area (Å²) in [4.78, 5) is 24.9. The Balaban J connectivity index is 2.05. The summed E-state index contributed by atoms with van der Waals surface area (Å²) in [7, 11) is 0. The number of aryl methyl sites for hydroxylation is 1. The topological polar surface area (TPSA) is 59.8 Å². The lowest BCUT2D eigenvalue weighted by atomic mass is 10.1. The number of esters is 1. The van der Waals surface area contributed by atoms with Crippen molar-refractivity contribution in [3.05, 3.63) is 35.4 Å². The van der Waals surface area contributed by atoms with Crippen molar-refractivity contribution < 1.29 is 19.2 Å². The van der Waals surface area contributed by atoms with Crippen molar-refractivity contribution in [2.75, 3.05) is 19.7 Å². The lowest BCUT2D eigenvalue weighted by Crippen LogP contribution is -3.18. The Morgan fingerprint density at radius 2 is 2.10 bits per heavy atom. The standard InChI is InChI=1S/C16H22N2O3/c1-3-21-15(19)10-14-16(20)17-8-9-18(14)11-13-6-4-12(2)5-7-13/h4-7,14H,3,8-11H2,1-2H3,(H,17,20)/p+1/t14-/m0/s1. The Bertz CT molecular complexity index is 499. The van der Waals surface area contributed by atoms with Crippen LogP contribution in [0.1, 0.15) is 24.5 Å². The van der Waals surface area contributed by atoms with E-state index in [0.717, 1.165) is 18.0 Å². The molecule has 1 aliphatic heterocycles. The van der Waals surface area contributed by atoms with E-state index < -0.39 is 0 Å². The third-order valence-electron chi connectivity index (χ3n) is 3.78. The van der Waals surface area contributed by atoms with Gasteiger partial charge < -0.3 is 15.0 Å². The molecule has 0 aliphatic carbocycles. The average molecular weight is 291 g/mol. The molecule has 1 fully saturated rings. The predicted octanol–water partition coefficient (Wildman–Crippen LogP) is -0.168. The van der Waals surface area contributed by atoms with Crippen molar-refractivity contribution in [2.24, 2.45) is 0 Å². The highest BCUT2D eigenvalue weighted by Crippen LogP contribution is 2.03. The first kappa shape index (κ1) is 15.5. The highest BCUT2D eigenvalue weighted by molar-refractivity contribution is 5.85. The summed E-state index contributed by atoms with van der Waals surface area (Å²) >= 11 is 0. The maximum atomic E-state index is 12.0. The van der Waals surface area contributed by atoms with Crippen LogP contribution < -0.4 is 10.2 Å². The molecule has 1 amide bonds. The zero-order valence-electron chi connectivity index (χ0n) is 12.6. The van der Waals surface area contributed by atoms with E-state index in [4.69, 9.17) is 4.74 Å². The van der Waals surface area contributed by atoms with Gasteiger partial charge in [-0.2, -0.15) is 0 Å². The van der Waals surface area contributed by atoms with E-state index in [1.165, 1.54) is 11.1 Å². The normalized spacial score (nSPS) is 21.7. The largest absolute Gasteiger partial charge is 0.466 e. The summed E-state index contributed by atoms with van der Waals surface area (Å²) in [5.74, 6) is -0.364. The van der Waals surface area contributed by atoms with Crippen molar-refractivity contribution in [2.45, 2.75) is 32.9 Å². The van der Waals surface area contributed by atoms with Gasteiger partial charge in [-0.3, -0.25) is 9.59 Å². The van der Waals surface area contributed by atoms with Gasteiger partial charge in [0.1, 0.15) is 13.0 Å². The molecule has 1 heterocycles. The van der Waals surface area contributed by atoms with Gasteiger partial charge in [0.2, 0.25) is 0 Å². The molecular formula is C16H23N2O3+. The molecular weight excluding hydrogens is 268 g/mol. The van der Waals surface area contributed by atoms with Crippen molar-refractivity contribution in [3.8, 4) is 0 Å². The number of hydrogen-bond acceptors (Lipinski definition) is 3. The molecule has 5 nitrogen and oxygen atoms in total. The van der Waals surface area contributed by atoms with Crippen LogP contribution in [0.4, 0.5) is 0 Å². The molecule has 0 spiro atoms. The lowest BCUT2D eigenvalue weighted by Gasteiger charge is -2.31. The summed E-state index contributed by atoms with van der Waals surface area (Å²) in [6.45, 7) is 6.39. The Hall–Kier alpha value is -1.88. The Morgan fingerprint density at radius 1 is 1.38 bits per heavy atom. The number of quaternary nitrogens is 1. The Kier molecular flexibility index (Phi) is 5.33. The van der Waals surface area contributed by atoms with Gasteiger partial charge in [0.25, 0.3) is 5.91 Å². The van der Waals surface area contributed by atoms with Crippen LogP contribution in [-0.2, 0) is 20.9 Å². The number of amides is 1. The maximum absolute atomic E-state index is 12.0. The molecule has 0 saturated carbocycles. The molecule has 0 aromatic heterocycles. The van der Waals surface area contributed by atoms with Gasteiger partial charge in [0, 0.05) is 5.56 Å². The number of carbonyl (C=O) groups excluding carboxylic acids is 2. The van der Waals surface area contributed by atoms with E-state index >= 15 is 0 Å². The number of ether oxygens (including phenoxy) is 1. The first-order valence-corrected chi connectivity index (χ1v) is 7.43. The van der Waals surface area contributed by atoms with Gasteiger partial charge in [0.05, 0.1) is 19.7 Å². The summed E-state index contributed by atoms with van der Waals surface area (Å²) in [6, 6.07) is 7.93. The molecule has 0 radical (unpaired) electrons. The minimum absolute atomic E-state index is 0.0589. The van der Waals surface area contributed by atoms with Crippen LogP contribution in [0.15, 0.2) is 24.3 Å².